The fourth-order valence-corrected chi connectivity index (χ4v) is 22.4. The van der Waals surface area contributed by atoms with Crippen molar-refractivity contribution in [2.75, 3.05) is 0 Å². The second kappa shape index (κ2) is 34.2. The first-order valence-electron chi connectivity index (χ1n) is 48.1. The van der Waals surface area contributed by atoms with Crippen LogP contribution in [0.1, 0.15) is 0 Å². The van der Waals surface area contributed by atoms with Crippen LogP contribution >= 0.6 is 0 Å². The van der Waals surface area contributed by atoms with Gasteiger partial charge >= 0.3 is 0 Å². The molecule has 0 saturated carbocycles. The number of fused-ring (bicyclic) bond motifs is 18. The molecule has 0 spiro atoms. The summed E-state index contributed by atoms with van der Waals surface area (Å²) >= 11 is 0. The smallest absolute Gasteiger partial charge is 0.115 e. The van der Waals surface area contributed by atoms with Crippen molar-refractivity contribution in [3.63, 3.8) is 0 Å². The van der Waals surface area contributed by atoms with Crippen LogP contribution in [0, 0.1) is 0 Å². The summed E-state index contributed by atoms with van der Waals surface area (Å²) in [4.78, 5) is 24.0. The van der Waals surface area contributed by atoms with Gasteiger partial charge in [0.2, 0.25) is 0 Å². The number of hydrogen-bond donors (Lipinski definition) is 0. The van der Waals surface area contributed by atoms with Gasteiger partial charge in [-0.25, -0.2) is 0 Å². The summed E-state index contributed by atoms with van der Waals surface area (Å²) in [6.07, 6.45) is 9.42. The fraction of sp³-hybridized carbons (Fsp3) is 0. The summed E-state index contributed by atoms with van der Waals surface area (Å²) in [5.74, 6) is 0. The molecular formula is C133H84N8. The molecule has 0 aliphatic rings. The Kier molecular flexibility index (Phi) is 19.8. The molecule has 29 aromatic rings. The first-order chi connectivity index (χ1) is 70.0. The molecule has 21 aromatic carbocycles. The van der Waals surface area contributed by atoms with Gasteiger partial charge in [-0.1, -0.05) is 364 Å². The van der Waals surface area contributed by atoms with E-state index in [0.717, 1.165) is 83.3 Å². The highest BCUT2D eigenvalue weighted by Crippen LogP contribution is 2.50. The number of para-hydroxylation sites is 1. The van der Waals surface area contributed by atoms with Gasteiger partial charge in [-0.2, -0.15) is 0 Å². The molecule has 29 rings (SSSR count). The van der Waals surface area contributed by atoms with Gasteiger partial charge in [-0.3, -0.25) is 24.9 Å². The summed E-state index contributed by atoms with van der Waals surface area (Å²) in [5.41, 5.74) is 34.0. The van der Waals surface area contributed by atoms with Crippen LogP contribution in [-0.2, 0) is 0 Å². The first kappa shape index (κ1) is 81.6. The van der Waals surface area contributed by atoms with Gasteiger partial charge in [0.15, 0.2) is 0 Å². The van der Waals surface area contributed by atoms with Crippen molar-refractivity contribution in [1.82, 2.24) is 38.6 Å². The predicted octanol–water partition coefficient (Wildman–Crippen LogP) is 35.0. The molecule has 0 bridgehead atoms. The van der Waals surface area contributed by atoms with E-state index in [4.69, 9.17) is 15.0 Å². The van der Waals surface area contributed by atoms with E-state index >= 15 is 0 Å². The average Bonchev–Trinajstić information content (AvgIpc) is 1.72. The summed E-state index contributed by atoms with van der Waals surface area (Å²) < 4.78 is 6.90. The summed E-state index contributed by atoms with van der Waals surface area (Å²) in [6, 6.07) is 173. The Balaban J connectivity index is 0.000000107. The van der Waals surface area contributed by atoms with Gasteiger partial charge in [0.1, 0.15) is 22.1 Å². The SMILES string of the molecule is c1cc(-c2ccc3ccccc3c2)cc(-c2c3ccccc3c(-c3ccc(-n4c5ccccc5c5ncccc54)cc3)c3ccccc23)c1.c1ccc(-c2c3ccccc3c(-c3ccc(-n4c5cccnc5c5ncc(-c6c7ccccc7cc7ccccc67)cc54)cc3)c3ccccc23)cc1.c1ccc(-c2c3ccccc3c(-c3ccc(-n4c5cccnc5c5ncccc54)cc3)c3ccccc23)cc1. The third-order valence-corrected chi connectivity index (χ3v) is 28.5. The number of nitrogens with zero attached hydrogens (tertiary/aromatic N) is 8. The monoisotopic (exact) mass is 1790 g/mol. The Morgan fingerprint density at radius 1 is 0.128 bits per heavy atom. The van der Waals surface area contributed by atoms with Gasteiger partial charge in [0.05, 0.1) is 38.6 Å². The van der Waals surface area contributed by atoms with Gasteiger partial charge in [0, 0.05) is 59.0 Å². The molecule has 8 nitrogen and oxygen atoms in total. The van der Waals surface area contributed by atoms with Crippen LogP contribution in [0.4, 0.5) is 0 Å². The van der Waals surface area contributed by atoms with Crippen molar-refractivity contribution < 1.29 is 0 Å². The van der Waals surface area contributed by atoms with Gasteiger partial charge < -0.3 is 13.7 Å². The molecule has 0 N–H and O–H groups in total. The summed E-state index contributed by atoms with van der Waals surface area (Å²) in [6.45, 7) is 0. The predicted molar refractivity (Wildman–Crippen MR) is 592 cm³/mol. The van der Waals surface area contributed by atoms with Crippen LogP contribution in [-0.4, -0.2) is 38.6 Å². The van der Waals surface area contributed by atoms with Crippen molar-refractivity contribution in [3.8, 4) is 106 Å². The maximum atomic E-state index is 5.13. The fourth-order valence-electron chi connectivity index (χ4n) is 22.4. The molecular weight excluding hydrogens is 1710 g/mol. The Hall–Kier alpha value is -18.9. The van der Waals surface area contributed by atoms with Crippen molar-refractivity contribution in [2.45, 2.75) is 0 Å². The van der Waals surface area contributed by atoms with Crippen LogP contribution in [0.5, 0.6) is 0 Å². The van der Waals surface area contributed by atoms with E-state index in [2.05, 4.69) is 479 Å². The van der Waals surface area contributed by atoms with E-state index in [1.807, 2.05) is 55.2 Å². The largest absolute Gasteiger partial charge is 0.308 e. The van der Waals surface area contributed by atoms with Crippen LogP contribution < -0.4 is 0 Å². The van der Waals surface area contributed by atoms with E-state index in [-0.39, 0.29) is 0 Å². The minimum absolute atomic E-state index is 0.895. The van der Waals surface area contributed by atoms with Crippen molar-refractivity contribution in [1.29, 1.82) is 0 Å². The van der Waals surface area contributed by atoms with Crippen LogP contribution in [0.2, 0.25) is 0 Å². The highest BCUT2D eigenvalue weighted by Gasteiger charge is 2.26. The van der Waals surface area contributed by atoms with E-state index < -0.39 is 0 Å². The minimum atomic E-state index is 0.895. The van der Waals surface area contributed by atoms with Crippen LogP contribution in [0.3, 0.4) is 0 Å². The maximum Gasteiger partial charge on any atom is 0.115 e. The maximum absolute atomic E-state index is 5.13. The van der Waals surface area contributed by atoms with E-state index in [1.165, 1.54) is 186 Å². The normalized spacial score (nSPS) is 11.7. The third-order valence-electron chi connectivity index (χ3n) is 28.5. The van der Waals surface area contributed by atoms with E-state index in [9.17, 15) is 0 Å². The van der Waals surface area contributed by atoms with Gasteiger partial charge in [0.25, 0.3) is 0 Å². The minimum Gasteiger partial charge on any atom is -0.308 e. The van der Waals surface area contributed by atoms with Crippen molar-refractivity contribution in [2.24, 2.45) is 0 Å². The summed E-state index contributed by atoms with van der Waals surface area (Å²) in [7, 11) is 0. The number of pyridine rings is 5. The van der Waals surface area contributed by atoms with Crippen molar-refractivity contribution >= 4 is 163 Å². The molecule has 656 valence electrons. The standard InChI is InChI=1S/C50H31N3.C47H30N2.C36H23N3/c1-2-13-32(14-3-1)46-40-19-8-10-21-42(40)47(43-22-11-9-20-41(43)46)33-24-26-37(27-25-33)53-44-23-12-28-51-49(44)50-45(53)30-36(31-52-50)48-38-17-6-4-15-34(38)29-35-16-5-7-18-39(35)48;1-2-12-33-29-35(23-22-31(33)11-1)34-13-9-14-36(30-34)46-40-17-5-3-15-38(40)45(39-16-4-6-18-41(39)46)32-24-26-37(27-25-32)49-43-20-8-7-19-42(43)47-44(49)21-10-28-48-47;1-2-10-24(11-3-1)33-27-12-4-6-14-29(27)34(30-15-7-5-13-28(30)33)25-18-20-26(21-19-25)39-31-16-8-22-37-35(31)36-32(39)17-9-23-38-36/h1-31H;1-30H;1-23H. The van der Waals surface area contributed by atoms with Gasteiger partial charge in [-0.05, 0) is 296 Å². The van der Waals surface area contributed by atoms with E-state index in [1.54, 1.807) is 0 Å². The van der Waals surface area contributed by atoms with E-state index in [0.29, 0.717) is 0 Å². The Bertz CT molecular complexity index is 9730. The molecule has 0 radical (unpaired) electrons. The zero-order valence-electron chi connectivity index (χ0n) is 76.6. The molecule has 8 heterocycles. The molecule has 0 atom stereocenters. The molecule has 0 unspecified atom stereocenters. The Morgan fingerprint density at radius 2 is 0.390 bits per heavy atom. The van der Waals surface area contributed by atoms with Crippen LogP contribution in [0.25, 0.3) is 269 Å². The quantitative estimate of drug-likeness (QED) is 0.121. The lowest BCUT2D eigenvalue weighted by Crippen LogP contribution is -1.95. The van der Waals surface area contributed by atoms with Crippen LogP contribution in [0.15, 0.2) is 510 Å². The second-order valence-electron chi connectivity index (χ2n) is 36.3. The summed E-state index contributed by atoms with van der Waals surface area (Å²) in [5, 5.41) is 23.6. The zero-order chi connectivity index (χ0) is 93.0. The first-order valence-corrected chi connectivity index (χ1v) is 48.1. The molecule has 0 aliphatic heterocycles. The lowest BCUT2D eigenvalue weighted by molar-refractivity contribution is 1.17. The highest BCUT2D eigenvalue weighted by molar-refractivity contribution is 6.25. The average molecular weight is 1790 g/mol. The zero-order valence-corrected chi connectivity index (χ0v) is 76.6. The molecule has 8 heteroatoms. The Morgan fingerprint density at radius 3 is 0.794 bits per heavy atom. The molecule has 0 amide bonds. The topological polar surface area (TPSA) is 79.2 Å². The Labute approximate surface area is 812 Å². The molecule has 0 aliphatic carbocycles. The second-order valence-corrected chi connectivity index (χ2v) is 36.3. The molecule has 8 aromatic heterocycles. The highest BCUT2D eigenvalue weighted by atomic mass is 15.0. The molecule has 141 heavy (non-hydrogen) atoms. The lowest BCUT2D eigenvalue weighted by Gasteiger charge is -2.18. The lowest BCUT2D eigenvalue weighted by atomic mass is 9.85. The number of hydrogen-bond acceptors (Lipinski definition) is 5. The molecule has 0 saturated heterocycles. The number of rotatable bonds is 11. The number of benzene rings is 21. The number of aromatic nitrogens is 8. The van der Waals surface area contributed by atoms with Gasteiger partial charge in [-0.15, -0.1) is 0 Å². The van der Waals surface area contributed by atoms with Crippen molar-refractivity contribution in [3.05, 3.63) is 510 Å². The third kappa shape index (κ3) is 13.8. The molecule has 0 fully saturated rings.